The molecule has 22 nitrogen and oxygen atoms in total. The molecule has 4 aromatic rings. The molecule has 1 saturated heterocycles. The number of phenols is 3. The predicted molar refractivity (Wildman–Crippen MR) is 572 cm³/mol. The Morgan fingerprint density at radius 3 is 1.05 bits per heavy atom. The maximum atomic E-state index is 12.7. The Labute approximate surface area is 886 Å². The van der Waals surface area contributed by atoms with E-state index in [1.54, 1.807) is 50.2 Å². The topological polar surface area (TPSA) is 318 Å². The van der Waals surface area contributed by atoms with Crippen LogP contribution in [0.4, 0.5) is 26.3 Å². The lowest BCUT2D eigenvalue weighted by molar-refractivity contribution is -0.376. The van der Waals surface area contributed by atoms with Gasteiger partial charge in [0.1, 0.15) is 69.1 Å². The number of hydrogen-bond donors (Lipinski definition) is 4. The van der Waals surface area contributed by atoms with Gasteiger partial charge in [-0.1, -0.05) is 138 Å². The molecule has 11 rings (SSSR count). The number of esters is 9. The zero-order valence-corrected chi connectivity index (χ0v) is 95.3. The standard InChI is InChI=1S/C16H28O2.C15H26O2.C14H14F6O3.C14H20O4.2C14H24O2.2C12H16O3.C10H14O/c1-6-15(4,5)14(17)18-16(12-13(2)3)10-8-7-9-11-16;1-5-10-15(11-8-7-9-12-15)17-13(16)14(3,4)6-2;1-3-8(2)11(21)23-10-6-4-9(5-7-10)12(22,13(15,16)17)14(18,19)20;1-4-14(2,3)13(16)18-10-7-5-8-9(6-7)12(15)17-11(8)10;2*1-6-13(4,5)12(15)16-14(11(2)3)9-7-8-10-14;2*1-4-12(2,3)11(14)15-10-7-5-9(13)6-8-10;1-3-8(2)9-4-6-10(11)7-5-9/h12H,6-11H2,1-5H3;5,10H,6-9,11-12H2,1-4H3;4-8,22H,3H2,1-2H3;7-11H,4-6H2,1-3H3;2*2,6-10H2,1,3-5H3;2*5-8,13H,4H2,1-3H3;4-8,11H,3H2,1-2H3/b;10-5+;;;;;;;. The fraction of sp³-hybridized carbons (Fsp3) is 0.661. The van der Waals surface area contributed by atoms with E-state index in [-0.39, 0.29) is 127 Å². The lowest BCUT2D eigenvalue weighted by Gasteiger charge is -2.37. The number of hydrogen-bond acceptors (Lipinski definition) is 22. The van der Waals surface area contributed by atoms with E-state index in [9.17, 15) is 74.6 Å². The average Bonchev–Trinajstić information content (AvgIpc) is 1.56. The molecule has 0 amide bonds. The van der Waals surface area contributed by atoms with Gasteiger partial charge in [0.25, 0.3) is 5.60 Å². The summed E-state index contributed by atoms with van der Waals surface area (Å²) >= 11 is 0. The molecular weight excluding hydrogens is 1920 g/mol. The highest BCUT2D eigenvalue weighted by Gasteiger charge is 2.71. The smallest absolute Gasteiger partial charge is 0.430 e. The van der Waals surface area contributed by atoms with Gasteiger partial charge < -0.3 is 63.1 Å². The maximum Gasteiger partial charge on any atom is 0.430 e. The Morgan fingerprint density at radius 2 is 0.725 bits per heavy atom. The van der Waals surface area contributed by atoms with Gasteiger partial charge in [0.2, 0.25) is 0 Å². The largest absolute Gasteiger partial charge is 0.508 e. The molecule has 7 unspecified atom stereocenters. The van der Waals surface area contributed by atoms with E-state index in [0.29, 0.717) is 53.6 Å². The Kier molecular flexibility index (Phi) is 51.5. The van der Waals surface area contributed by atoms with Crippen molar-refractivity contribution in [3.8, 4) is 34.5 Å². The summed E-state index contributed by atoms with van der Waals surface area (Å²) in [6.45, 7) is 66.4. The maximum absolute atomic E-state index is 12.7. The van der Waals surface area contributed by atoms with E-state index in [2.05, 4.69) is 53.0 Å². The summed E-state index contributed by atoms with van der Waals surface area (Å²) in [5.74, 6) is 0.482. The fourth-order valence-corrected chi connectivity index (χ4v) is 16.7. The van der Waals surface area contributed by atoms with Crippen molar-refractivity contribution >= 4 is 53.7 Å². The van der Waals surface area contributed by atoms with Crippen LogP contribution < -0.4 is 14.2 Å². The van der Waals surface area contributed by atoms with Gasteiger partial charge in [0, 0.05) is 17.4 Å². The van der Waals surface area contributed by atoms with Gasteiger partial charge in [0.05, 0.1) is 49.7 Å². The number of aromatic hydroxyl groups is 3. The number of ether oxygens (including phenoxy) is 9. The summed E-state index contributed by atoms with van der Waals surface area (Å²) in [6, 6.07) is 22.0. The van der Waals surface area contributed by atoms with Gasteiger partial charge in [-0.2, -0.15) is 26.3 Å². The summed E-state index contributed by atoms with van der Waals surface area (Å²) < 4.78 is 126. The van der Waals surface area contributed by atoms with Gasteiger partial charge in [-0.05, 0) is 412 Å². The molecule has 2 bridgehead atoms. The summed E-state index contributed by atoms with van der Waals surface area (Å²) in [4.78, 5) is 107. The zero-order chi connectivity index (χ0) is 114. The lowest BCUT2D eigenvalue weighted by Crippen LogP contribution is -2.53. The van der Waals surface area contributed by atoms with Crippen LogP contribution in [0.2, 0.25) is 0 Å². The van der Waals surface area contributed by atoms with Crippen LogP contribution in [0.15, 0.2) is 145 Å². The van der Waals surface area contributed by atoms with Crippen LogP contribution >= 0.6 is 0 Å². The number of phenolic OH excluding ortho intramolecular Hbond substituents is 3. The minimum atomic E-state index is -5.96. The summed E-state index contributed by atoms with van der Waals surface area (Å²) in [6.07, 6.45) is 22.2. The SMILES string of the molecule is C/C=C/C1(OC(=O)C(C)(C)CC)CCCCC1.C=C(C)C1(OC(=O)C(C)(C)CC)CCCC1.C=C(C)C1(OC(=O)C(C)(C)CC)CCCC1.CCC(C)(C)C(=O)OC1(C=C(C)C)CCCCC1.CCC(C)(C)C(=O)OC1C2CC3C(=O)OC1C3C2.CCC(C)(C)C(=O)Oc1ccc(O)cc1.CCC(C)(C)C(=O)Oc1ccc(O)cc1.CCC(C)C(=O)Oc1ccc(C(O)(C(F)(F)F)C(F)(F)F)cc1.CCC(C)c1ccc(O)cc1. The molecule has 6 aliphatic carbocycles. The van der Waals surface area contributed by atoms with Crippen molar-refractivity contribution in [1.29, 1.82) is 0 Å². The Morgan fingerprint density at radius 1 is 0.416 bits per heavy atom. The van der Waals surface area contributed by atoms with Crippen molar-refractivity contribution in [3.63, 3.8) is 0 Å². The van der Waals surface area contributed by atoms with Gasteiger partial charge in [-0.3, -0.25) is 43.2 Å². The average molecular weight is 2100 g/mol. The predicted octanol–water partition coefficient (Wildman–Crippen LogP) is 30.8. The first-order valence-electron chi connectivity index (χ1n) is 53.8. The molecule has 0 spiro atoms. The molecule has 149 heavy (non-hydrogen) atoms. The van der Waals surface area contributed by atoms with Crippen molar-refractivity contribution < 1.29 is 133 Å². The molecule has 4 N–H and O–H groups in total. The van der Waals surface area contributed by atoms with E-state index >= 15 is 0 Å². The first-order chi connectivity index (χ1) is 68.9. The van der Waals surface area contributed by atoms with E-state index in [1.165, 1.54) is 48.2 Å². The normalized spacial score (nSPS) is 19.2. The van der Waals surface area contributed by atoms with E-state index in [4.69, 9.17) is 58.0 Å². The van der Waals surface area contributed by atoms with E-state index < -0.39 is 51.6 Å². The van der Waals surface area contributed by atoms with Crippen molar-refractivity contribution in [3.05, 3.63) is 156 Å². The highest BCUT2D eigenvalue weighted by molar-refractivity contribution is 5.81. The molecule has 840 valence electrons. The Bertz CT molecular complexity index is 4820. The third-order valence-corrected chi connectivity index (χ3v) is 31.2. The van der Waals surface area contributed by atoms with Crippen LogP contribution in [0.3, 0.4) is 0 Å². The van der Waals surface area contributed by atoms with Gasteiger partial charge >= 0.3 is 66.1 Å². The summed E-state index contributed by atoms with van der Waals surface area (Å²) in [7, 11) is 0. The first kappa shape index (κ1) is 133. The van der Waals surface area contributed by atoms with Crippen LogP contribution in [0.1, 0.15) is 411 Å². The van der Waals surface area contributed by atoms with Gasteiger partial charge in [0.15, 0.2) is 0 Å². The van der Waals surface area contributed by atoms with E-state index in [0.717, 1.165) is 190 Å². The van der Waals surface area contributed by atoms with Crippen LogP contribution in [0, 0.1) is 61.6 Å². The quantitative estimate of drug-likeness (QED) is 0.0120. The number of halogens is 6. The number of aliphatic hydroxyl groups is 1. The van der Waals surface area contributed by atoms with Gasteiger partial charge in [-0.25, -0.2) is 0 Å². The van der Waals surface area contributed by atoms with E-state index in [1.807, 2.05) is 184 Å². The molecule has 0 aromatic heterocycles. The molecule has 1 heterocycles. The second kappa shape index (κ2) is 57.6. The minimum Gasteiger partial charge on any atom is -0.508 e. The Hall–Kier alpha value is -9.99. The molecule has 0 radical (unpaired) electrons. The minimum absolute atomic E-state index is 0.0515. The highest BCUT2D eigenvalue weighted by Crippen LogP contribution is 2.57. The second-order valence-corrected chi connectivity index (χ2v) is 46.1. The van der Waals surface area contributed by atoms with Gasteiger partial charge in [-0.15, -0.1) is 0 Å². The van der Waals surface area contributed by atoms with Crippen molar-refractivity contribution in [2.75, 3.05) is 0 Å². The number of rotatable bonds is 31. The number of fused-ring (bicyclic) bond motifs is 1. The van der Waals surface area contributed by atoms with Crippen molar-refractivity contribution in [1.82, 2.24) is 0 Å². The lowest BCUT2D eigenvalue weighted by atomic mass is 9.82. The molecule has 7 atom stereocenters. The molecule has 4 aromatic carbocycles. The third-order valence-electron chi connectivity index (χ3n) is 31.2. The molecule has 7 fully saturated rings. The number of carbonyl (C=O) groups excluding carboxylic acids is 9. The molecule has 6 saturated carbocycles. The fourth-order valence-electron chi connectivity index (χ4n) is 16.7. The molecule has 1 aliphatic heterocycles. The molecule has 28 heteroatoms. The molecular formula is C121H182F6O22. The van der Waals surface area contributed by atoms with Crippen molar-refractivity contribution in [2.24, 2.45) is 61.6 Å². The van der Waals surface area contributed by atoms with Crippen LogP contribution in [0.5, 0.6) is 34.5 Å². The second-order valence-electron chi connectivity index (χ2n) is 46.1. The third kappa shape index (κ3) is 39.0. The monoisotopic (exact) mass is 2100 g/mol. The first-order valence-corrected chi connectivity index (χ1v) is 53.8. The number of benzene rings is 4. The molecule has 7 aliphatic rings. The summed E-state index contributed by atoms with van der Waals surface area (Å²) in [5.41, 5.74) is -6.22. The number of carbonyl (C=O) groups is 9. The number of allylic oxidation sites excluding steroid dienone is 2. The van der Waals surface area contributed by atoms with Crippen LogP contribution in [-0.2, 0) is 77.2 Å². The summed E-state index contributed by atoms with van der Waals surface area (Å²) in [5, 5.41) is 36.3. The number of alkyl halides is 6. The van der Waals surface area contributed by atoms with Crippen LogP contribution in [0.25, 0.3) is 0 Å². The Balaban J connectivity index is 0.000000432. The zero-order valence-electron chi connectivity index (χ0n) is 95.3. The highest BCUT2D eigenvalue weighted by atomic mass is 19.4. The van der Waals surface area contributed by atoms with Crippen molar-refractivity contribution in [2.45, 2.75) is 452 Å². The van der Waals surface area contributed by atoms with Crippen LogP contribution in [-0.4, -0.2) is 121 Å².